The maximum absolute atomic E-state index is 10.5. The average molecular weight is 173 g/mol. The Hall–Kier alpha value is -0.610. The Kier molecular flexibility index (Phi) is 3.05. The highest BCUT2D eigenvalue weighted by molar-refractivity contribution is 5.73. The summed E-state index contributed by atoms with van der Waals surface area (Å²) in [4.78, 5) is 10.5. The van der Waals surface area contributed by atoms with Crippen molar-refractivity contribution in [3.8, 4) is 0 Å². The molecule has 12 heavy (non-hydrogen) atoms. The maximum Gasteiger partial charge on any atom is 0.320 e. The van der Waals surface area contributed by atoms with Gasteiger partial charge in [-0.2, -0.15) is 0 Å². The Bertz CT molecular complexity index is 172. The molecule has 0 aromatic heterocycles. The van der Waals surface area contributed by atoms with Crippen LogP contribution >= 0.6 is 0 Å². The smallest absolute Gasteiger partial charge is 0.320 e. The molecular formula is C8H15NO3. The lowest BCUT2D eigenvalue weighted by Gasteiger charge is -2.29. The number of carbonyl (C=O) groups is 1. The summed E-state index contributed by atoms with van der Waals surface area (Å²) < 4.78 is 0. The number of hydrogen-bond donors (Lipinski definition) is 3. The first-order valence-electron chi connectivity index (χ1n) is 4.29. The molecule has 1 fully saturated rings. The number of aliphatic hydroxyl groups is 1. The van der Waals surface area contributed by atoms with Crippen molar-refractivity contribution in [3.63, 3.8) is 0 Å². The van der Waals surface area contributed by atoms with Gasteiger partial charge in [0, 0.05) is 5.92 Å². The Morgan fingerprint density at radius 2 is 2.00 bits per heavy atom. The second-order valence-electron chi connectivity index (χ2n) is 3.38. The van der Waals surface area contributed by atoms with Crippen molar-refractivity contribution >= 4 is 5.97 Å². The first-order chi connectivity index (χ1) is 5.63. The summed E-state index contributed by atoms with van der Waals surface area (Å²) in [7, 11) is 0. The van der Waals surface area contributed by atoms with Gasteiger partial charge in [-0.15, -0.1) is 0 Å². The zero-order valence-corrected chi connectivity index (χ0v) is 6.94. The van der Waals surface area contributed by atoms with Crippen LogP contribution in [0.5, 0.6) is 0 Å². The topological polar surface area (TPSA) is 83.6 Å². The van der Waals surface area contributed by atoms with Crippen LogP contribution in [0.15, 0.2) is 0 Å². The summed E-state index contributed by atoms with van der Waals surface area (Å²) in [6.45, 7) is 0. The predicted molar refractivity (Wildman–Crippen MR) is 43.6 cm³/mol. The van der Waals surface area contributed by atoms with Gasteiger partial charge >= 0.3 is 5.97 Å². The third kappa shape index (κ3) is 1.95. The van der Waals surface area contributed by atoms with Gasteiger partial charge in [0.1, 0.15) is 6.04 Å². The average Bonchev–Trinajstić information content (AvgIpc) is 2.04. The van der Waals surface area contributed by atoms with Crippen LogP contribution in [0.3, 0.4) is 0 Å². The van der Waals surface area contributed by atoms with Crippen LogP contribution in [0.1, 0.15) is 25.7 Å². The van der Waals surface area contributed by atoms with Crippen LogP contribution in [-0.4, -0.2) is 28.3 Å². The van der Waals surface area contributed by atoms with Crippen LogP contribution in [0.25, 0.3) is 0 Å². The second-order valence-corrected chi connectivity index (χ2v) is 3.38. The van der Waals surface area contributed by atoms with Crippen molar-refractivity contribution < 1.29 is 15.0 Å². The van der Waals surface area contributed by atoms with Crippen LogP contribution in [0.2, 0.25) is 0 Å². The Morgan fingerprint density at radius 3 is 2.50 bits per heavy atom. The Labute approximate surface area is 71.4 Å². The van der Waals surface area contributed by atoms with Crippen molar-refractivity contribution in [2.24, 2.45) is 11.7 Å². The molecule has 70 valence electrons. The van der Waals surface area contributed by atoms with Crippen molar-refractivity contribution in [1.82, 2.24) is 0 Å². The highest BCUT2D eigenvalue weighted by Crippen LogP contribution is 2.26. The third-order valence-corrected chi connectivity index (χ3v) is 2.53. The number of nitrogens with two attached hydrogens (primary N) is 1. The largest absolute Gasteiger partial charge is 0.480 e. The van der Waals surface area contributed by atoms with E-state index < -0.39 is 18.1 Å². The monoisotopic (exact) mass is 173 g/mol. The lowest BCUT2D eigenvalue weighted by Crippen LogP contribution is -2.45. The van der Waals surface area contributed by atoms with Crippen LogP contribution in [0, 0.1) is 5.92 Å². The van der Waals surface area contributed by atoms with Gasteiger partial charge in [0.05, 0.1) is 6.10 Å². The van der Waals surface area contributed by atoms with E-state index in [9.17, 15) is 9.90 Å². The first-order valence-corrected chi connectivity index (χ1v) is 4.29. The fourth-order valence-electron chi connectivity index (χ4n) is 1.74. The third-order valence-electron chi connectivity index (χ3n) is 2.53. The van der Waals surface area contributed by atoms with E-state index in [-0.39, 0.29) is 5.92 Å². The van der Waals surface area contributed by atoms with Gasteiger partial charge in [-0.25, -0.2) is 0 Å². The minimum Gasteiger partial charge on any atom is -0.480 e. The molecule has 0 radical (unpaired) electrons. The van der Waals surface area contributed by atoms with Gasteiger partial charge in [-0.3, -0.25) is 4.79 Å². The van der Waals surface area contributed by atoms with E-state index in [1.807, 2.05) is 0 Å². The van der Waals surface area contributed by atoms with Crippen LogP contribution in [-0.2, 0) is 4.79 Å². The lowest BCUT2D eigenvalue weighted by molar-refractivity contribution is -0.141. The Morgan fingerprint density at radius 1 is 1.42 bits per heavy atom. The van der Waals surface area contributed by atoms with Gasteiger partial charge in [-0.05, 0) is 12.8 Å². The predicted octanol–water partition coefficient (Wildman–Crippen LogP) is -0.0506. The van der Waals surface area contributed by atoms with Gasteiger partial charge in [0.2, 0.25) is 0 Å². The van der Waals surface area contributed by atoms with Gasteiger partial charge in [0.25, 0.3) is 0 Å². The molecule has 0 saturated heterocycles. The molecule has 0 amide bonds. The molecule has 0 aromatic rings. The van der Waals surface area contributed by atoms with Crippen molar-refractivity contribution in [3.05, 3.63) is 0 Å². The molecular weight excluding hydrogens is 158 g/mol. The number of aliphatic hydroxyl groups excluding tert-OH is 1. The van der Waals surface area contributed by atoms with E-state index >= 15 is 0 Å². The van der Waals surface area contributed by atoms with Gasteiger partial charge in [-0.1, -0.05) is 12.8 Å². The van der Waals surface area contributed by atoms with E-state index in [4.69, 9.17) is 10.8 Å². The summed E-state index contributed by atoms with van der Waals surface area (Å²) in [5.74, 6) is -1.27. The molecule has 0 aliphatic heterocycles. The van der Waals surface area contributed by atoms with Gasteiger partial charge in [0.15, 0.2) is 0 Å². The quantitative estimate of drug-likeness (QED) is 0.546. The lowest BCUT2D eigenvalue weighted by atomic mass is 9.82. The molecule has 1 aliphatic rings. The van der Waals surface area contributed by atoms with E-state index in [2.05, 4.69) is 0 Å². The van der Waals surface area contributed by atoms with Crippen molar-refractivity contribution in [1.29, 1.82) is 0 Å². The van der Waals surface area contributed by atoms with E-state index in [1.54, 1.807) is 0 Å². The zero-order valence-electron chi connectivity index (χ0n) is 6.94. The fourth-order valence-corrected chi connectivity index (χ4v) is 1.74. The second kappa shape index (κ2) is 3.87. The highest BCUT2D eigenvalue weighted by Gasteiger charge is 2.32. The highest BCUT2D eigenvalue weighted by atomic mass is 16.4. The fraction of sp³-hybridized carbons (Fsp3) is 0.875. The molecule has 0 bridgehead atoms. The molecule has 0 spiro atoms. The SMILES string of the molecule is NC(C(=O)O)C1CCCC[C@@H]1O. The molecule has 1 rings (SSSR count). The molecule has 0 aromatic carbocycles. The normalized spacial score (nSPS) is 32.8. The summed E-state index contributed by atoms with van der Waals surface area (Å²) in [5.41, 5.74) is 5.42. The molecule has 3 atom stereocenters. The number of carboxylic acids is 1. The number of rotatable bonds is 2. The molecule has 2 unspecified atom stereocenters. The molecule has 1 saturated carbocycles. The van der Waals surface area contributed by atoms with Gasteiger partial charge < -0.3 is 15.9 Å². The van der Waals surface area contributed by atoms with Crippen LogP contribution < -0.4 is 5.73 Å². The van der Waals surface area contributed by atoms with Crippen molar-refractivity contribution in [2.75, 3.05) is 0 Å². The molecule has 1 aliphatic carbocycles. The molecule has 4 N–H and O–H groups in total. The first kappa shape index (κ1) is 9.48. The zero-order chi connectivity index (χ0) is 9.14. The maximum atomic E-state index is 10.5. The number of hydrogen-bond acceptors (Lipinski definition) is 3. The molecule has 4 nitrogen and oxygen atoms in total. The van der Waals surface area contributed by atoms with E-state index in [0.717, 1.165) is 19.3 Å². The summed E-state index contributed by atoms with van der Waals surface area (Å²) in [6, 6.07) is -0.903. The summed E-state index contributed by atoms with van der Waals surface area (Å²) in [6.07, 6.45) is 2.84. The summed E-state index contributed by atoms with van der Waals surface area (Å²) >= 11 is 0. The molecule has 4 heteroatoms. The minimum atomic E-state index is -1.01. The van der Waals surface area contributed by atoms with Crippen molar-refractivity contribution in [2.45, 2.75) is 37.8 Å². The number of carboxylic acid groups (broad SMARTS) is 1. The molecule has 0 heterocycles. The van der Waals surface area contributed by atoms with Crippen LogP contribution in [0.4, 0.5) is 0 Å². The standard InChI is InChI=1S/C8H15NO3/c9-7(8(11)12)5-3-1-2-4-6(5)10/h5-7,10H,1-4,9H2,(H,11,12)/t5?,6-,7?/m0/s1. The Balaban J connectivity index is 2.53. The van der Waals surface area contributed by atoms with E-state index in [0.29, 0.717) is 6.42 Å². The minimum absolute atomic E-state index is 0.253. The summed E-state index contributed by atoms with van der Waals surface area (Å²) in [5, 5.41) is 18.1. The van der Waals surface area contributed by atoms with E-state index in [1.165, 1.54) is 0 Å². The number of aliphatic carboxylic acids is 1.